The van der Waals surface area contributed by atoms with Crippen molar-refractivity contribution >= 4 is 5.91 Å². The van der Waals surface area contributed by atoms with Crippen molar-refractivity contribution < 1.29 is 4.79 Å². The van der Waals surface area contributed by atoms with Crippen molar-refractivity contribution in [2.75, 3.05) is 6.54 Å². The van der Waals surface area contributed by atoms with Crippen molar-refractivity contribution in [3.63, 3.8) is 0 Å². The second-order valence-electron chi connectivity index (χ2n) is 6.15. The van der Waals surface area contributed by atoms with Crippen molar-refractivity contribution in [2.45, 2.75) is 26.9 Å². The van der Waals surface area contributed by atoms with Crippen LogP contribution >= 0.6 is 0 Å². The zero-order valence-corrected chi connectivity index (χ0v) is 14.7. The van der Waals surface area contributed by atoms with Gasteiger partial charge in [0.2, 0.25) is 0 Å². The highest BCUT2D eigenvalue weighted by atomic mass is 16.2. The van der Waals surface area contributed by atoms with Crippen molar-refractivity contribution in [3.8, 4) is 0 Å². The highest BCUT2D eigenvalue weighted by Crippen LogP contribution is 2.14. The Morgan fingerprint density at radius 3 is 2.48 bits per heavy atom. The van der Waals surface area contributed by atoms with Crippen LogP contribution < -0.4 is 0 Å². The first-order chi connectivity index (χ1) is 12.2. The molecule has 3 rings (SSSR count). The number of aryl methyl sites for hydroxylation is 1. The van der Waals surface area contributed by atoms with E-state index in [4.69, 9.17) is 0 Å². The van der Waals surface area contributed by atoms with E-state index >= 15 is 0 Å². The molecule has 0 fully saturated rings. The number of carbonyl (C=O) groups excluding carboxylic acids is 1. The van der Waals surface area contributed by atoms with Gasteiger partial charge in [-0.05, 0) is 48.7 Å². The summed E-state index contributed by atoms with van der Waals surface area (Å²) in [6.07, 6.45) is 3.70. The van der Waals surface area contributed by atoms with Gasteiger partial charge in [0.1, 0.15) is 0 Å². The maximum Gasteiger partial charge on any atom is 0.254 e. The molecule has 0 radical (unpaired) electrons. The van der Waals surface area contributed by atoms with Crippen LogP contribution in [-0.4, -0.2) is 27.1 Å². The van der Waals surface area contributed by atoms with Crippen LogP contribution in [0.25, 0.3) is 0 Å². The Bertz CT molecular complexity index is 823. The lowest BCUT2D eigenvalue weighted by atomic mass is 10.1. The molecule has 3 aromatic rings. The fourth-order valence-electron chi connectivity index (χ4n) is 2.84. The number of benzene rings is 2. The number of aromatic nitrogens is 2. The smallest absolute Gasteiger partial charge is 0.254 e. The second kappa shape index (κ2) is 7.79. The molecule has 4 heteroatoms. The molecule has 25 heavy (non-hydrogen) atoms. The molecule has 2 aromatic carbocycles. The molecule has 1 amide bonds. The van der Waals surface area contributed by atoms with E-state index in [1.807, 2.05) is 65.2 Å². The quantitative estimate of drug-likeness (QED) is 0.686. The van der Waals surface area contributed by atoms with Crippen LogP contribution in [0.1, 0.15) is 34.0 Å². The van der Waals surface area contributed by atoms with Crippen LogP contribution in [0.5, 0.6) is 0 Å². The van der Waals surface area contributed by atoms with E-state index in [-0.39, 0.29) is 5.91 Å². The van der Waals surface area contributed by atoms with E-state index in [1.54, 1.807) is 6.20 Å². The SMILES string of the molecule is CCN(Cc1ccccc1C)C(=O)c1ccc(Cn2cccn2)cc1. The first-order valence-electron chi connectivity index (χ1n) is 8.57. The monoisotopic (exact) mass is 333 g/mol. The van der Waals surface area contributed by atoms with Crippen LogP contribution in [-0.2, 0) is 13.1 Å². The zero-order valence-electron chi connectivity index (χ0n) is 14.7. The molecular formula is C21H23N3O. The summed E-state index contributed by atoms with van der Waals surface area (Å²) in [6.45, 7) is 6.13. The molecule has 0 saturated carbocycles. The molecule has 0 atom stereocenters. The van der Waals surface area contributed by atoms with Gasteiger partial charge >= 0.3 is 0 Å². The van der Waals surface area contributed by atoms with Crippen LogP contribution in [0.15, 0.2) is 67.0 Å². The largest absolute Gasteiger partial charge is 0.335 e. The number of hydrogen-bond acceptors (Lipinski definition) is 2. The Morgan fingerprint density at radius 2 is 1.84 bits per heavy atom. The maximum absolute atomic E-state index is 12.8. The normalized spacial score (nSPS) is 10.6. The maximum atomic E-state index is 12.8. The molecule has 0 aliphatic carbocycles. The molecule has 0 spiro atoms. The summed E-state index contributed by atoms with van der Waals surface area (Å²) in [5.74, 6) is 0.0661. The zero-order chi connectivity index (χ0) is 17.6. The molecular weight excluding hydrogens is 310 g/mol. The highest BCUT2D eigenvalue weighted by molar-refractivity contribution is 5.94. The van der Waals surface area contributed by atoms with Gasteiger partial charge in [-0.2, -0.15) is 5.10 Å². The van der Waals surface area contributed by atoms with E-state index in [0.717, 1.165) is 11.1 Å². The molecule has 0 aliphatic rings. The minimum Gasteiger partial charge on any atom is -0.335 e. The summed E-state index contributed by atoms with van der Waals surface area (Å²) in [4.78, 5) is 14.7. The van der Waals surface area contributed by atoms with Gasteiger partial charge in [0.25, 0.3) is 5.91 Å². The van der Waals surface area contributed by atoms with Gasteiger partial charge in [0, 0.05) is 31.0 Å². The Kier molecular flexibility index (Phi) is 5.29. The summed E-state index contributed by atoms with van der Waals surface area (Å²) < 4.78 is 1.87. The summed E-state index contributed by atoms with van der Waals surface area (Å²) in [6, 6.07) is 17.9. The number of rotatable bonds is 6. The third kappa shape index (κ3) is 4.15. The molecule has 0 unspecified atom stereocenters. The molecule has 0 N–H and O–H groups in total. The second-order valence-corrected chi connectivity index (χ2v) is 6.15. The molecule has 4 nitrogen and oxygen atoms in total. The highest BCUT2D eigenvalue weighted by Gasteiger charge is 2.15. The molecule has 0 saturated heterocycles. The standard InChI is InChI=1S/C21H23N3O/c1-3-23(16-20-8-5-4-7-17(20)2)21(25)19-11-9-18(10-12-19)15-24-14-6-13-22-24/h4-14H,3,15-16H2,1-2H3. The molecule has 0 aliphatic heterocycles. The van der Waals surface area contributed by atoms with E-state index in [2.05, 4.69) is 24.2 Å². The van der Waals surface area contributed by atoms with Gasteiger partial charge in [-0.3, -0.25) is 9.48 Å². The number of amides is 1. The lowest BCUT2D eigenvalue weighted by Crippen LogP contribution is -2.30. The number of carbonyl (C=O) groups is 1. The van der Waals surface area contributed by atoms with Gasteiger partial charge in [-0.1, -0.05) is 36.4 Å². The van der Waals surface area contributed by atoms with Crippen LogP contribution in [0.2, 0.25) is 0 Å². The average Bonchev–Trinajstić information content (AvgIpc) is 3.14. The minimum absolute atomic E-state index is 0.0661. The fraction of sp³-hybridized carbons (Fsp3) is 0.238. The predicted molar refractivity (Wildman–Crippen MR) is 99.4 cm³/mol. The molecule has 128 valence electrons. The Hall–Kier alpha value is -2.88. The van der Waals surface area contributed by atoms with Crippen molar-refractivity contribution in [2.24, 2.45) is 0 Å². The Labute approximate surface area is 148 Å². The Morgan fingerprint density at radius 1 is 1.08 bits per heavy atom. The van der Waals surface area contributed by atoms with E-state index < -0.39 is 0 Å². The number of hydrogen-bond donors (Lipinski definition) is 0. The van der Waals surface area contributed by atoms with E-state index in [9.17, 15) is 4.79 Å². The number of nitrogens with zero attached hydrogens (tertiary/aromatic N) is 3. The third-order valence-electron chi connectivity index (χ3n) is 4.40. The first kappa shape index (κ1) is 17.0. The minimum atomic E-state index is 0.0661. The first-order valence-corrected chi connectivity index (χ1v) is 8.57. The lowest BCUT2D eigenvalue weighted by Gasteiger charge is -2.22. The van der Waals surface area contributed by atoms with E-state index in [1.165, 1.54) is 11.1 Å². The van der Waals surface area contributed by atoms with Gasteiger partial charge < -0.3 is 4.90 Å². The predicted octanol–water partition coefficient (Wildman–Crippen LogP) is 3.90. The molecule has 1 heterocycles. The third-order valence-corrected chi connectivity index (χ3v) is 4.40. The van der Waals surface area contributed by atoms with Gasteiger partial charge in [0.15, 0.2) is 0 Å². The van der Waals surface area contributed by atoms with Crippen molar-refractivity contribution in [3.05, 3.63) is 89.2 Å². The molecule has 1 aromatic heterocycles. The summed E-state index contributed by atoms with van der Waals surface area (Å²) >= 11 is 0. The average molecular weight is 333 g/mol. The lowest BCUT2D eigenvalue weighted by molar-refractivity contribution is 0.0752. The fourth-order valence-corrected chi connectivity index (χ4v) is 2.84. The van der Waals surface area contributed by atoms with Crippen LogP contribution in [0, 0.1) is 6.92 Å². The topological polar surface area (TPSA) is 38.1 Å². The summed E-state index contributed by atoms with van der Waals surface area (Å²) in [5.41, 5.74) is 4.25. The summed E-state index contributed by atoms with van der Waals surface area (Å²) in [7, 11) is 0. The van der Waals surface area contributed by atoms with Gasteiger partial charge in [-0.15, -0.1) is 0 Å². The van der Waals surface area contributed by atoms with Crippen molar-refractivity contribution in [1.82, 2.24) is 14.7 Å². The molecule has 0 bridgehead atoms. The van der Waals surface area contributed by atoms with Gasteiger partial charge in [-0.25, -0.2) is 0 Å². The van der Waals surface area contributed by atoms with Crippen LogP contribution in [0.4, 0.5) is 0 Å². The Balaban J connectivity index is 1.71. The summed E-state index contributed by atoms with van der Waals surface area (Å²) in [5, 5.41) is 4.21. The van der Waals surface area contributed by atoms with Crippen LogP contribution in [0.3, 0.4) is 0 Å². The van der Waals surface area contributed by atoms with Gasteiger partial charge in [0.05, 0.1) is 6.54 Å². The van der Waals surface area contributed by atoms with Crippen molar-refractivity contribution in [1.29, 1.82) is 0 Å². The van der Waals surface area contributed by atoms with E-state index in [0.29, 0.717) is 19.6 Å².